The second-order valence-electron chi connectivity index (χ2n) is 11.7. The number of hydrogen-bond acceptors (Lipinski definition) is 8. The van der Waals surface area contributed by atoms with Crippen molar-refractivity contribution in [3.8, 4) is 0 Å². The third kappa shape index (κ3) is 7.83. The Balaban J connectivity index is 2.34. The van der Waals surface area contributed by atoms with Crippen LogP contribution in [0.5, 0.6) is 0 Å². The van der Waals surface area contributed by atoms with Crippen molar-refractivity contribution in [2.24, 2.45) is 29.6 Å². The van der Waals surface area contributed by atoms with Gasteiger partial charge in [-0.15, -0.1) is 0 Å². The molecular weight excluding hydrogens is 462 g/mol. The SMILES string of the molecule is CC[C@H]1OC(=O)CC(=O)[C@H](C)[C@@H](OC2OC(C)CC(N(C)C)C2O)[C@@H](C)C[C@@H](C)C(=O)[C@H](C)C[C@H]1C. The highest BCUT2D eigenvalue weighted by Crippen LogP contribution is 2.33. The maximum absolute atomic E-state index is 13.2. The molecular formula is C28H49NO7. The van der Waals surface area contributed by atoms with Gasteiger partial charge < -0.3 is 24.2 Å². The molecule has 2 aliphatic heterocycles. The van der Waals surface area contributed by atoms with Gasteiger partial charge in [0.15, 0.2) is 6.29 Å². The van der Waals surface area contributed by atoms with E-state index in [0.717, 1.165) is 0 Å². The normalized spacial score (nSPS) is 42.2. The van der Waals surface area contributed by atoms with Gasteiger partial charge in [-0.1, -0.05) is 41.5 Å². The molecule has 0 aromatic rings. The van der Waals surface area contributed by atoms with Crippen LogP contribution in [0.2, 0.25) is 0 Å². The summed E-state index contributed by atoms with van der Waals surface area (Å²) in [5, 5.41) is 11.0. The summed E-state index contributed by atoms with van der Waals surface area (Å²) in [5.41, 5.74) is 0. The van der Waals surface area contributed by atoms with Crippen LogP contribution in [0.15, 0.2) is 0 Å². The maximum atomic E-state index is 13.2. The maximum Gasteiger partial charge on any atom is 0.313 e. The zero-order chi connectivity index (χ0) is 27.3. The standard InChI is InChI=1S/C28H49NO7/c1-10-23-15(2)11-16(3)25(32)17(4)12-18(5)27(20(7)22(30)14-24(31)35-23)36-28-26(33)21(29(8)9)13-19(6)34-28/h15-21,23,26-28,33H,10-14H2,1-9H3/t15-,16-,17-,18+,19?,20+,21?,23-,26?,27+,28?/m1/s1. The van der Waals surface area contributed by atoms with Crippen LogP contribution in [0.4, 0.5) is 0 Å². The Kier molecular flexibility index (Phi) is 11.5. The van der Waals surface area contributed by atoms with Crippen LogP contribution in [0, 0.1) is 29.6 Å². The molecule has 0 aromatic carbocycles. The molecule has 2 heterocycles. The van der Waals surface area contributed by atoms with E-state index < -0.39 is 30.4 Å². The number of nitrogens with zero attached hydrogens (tertiary/aromatic N) is 1. The first kappa shape index (κ1) is 30.9. The summed E-state index contributed by atoms with van der Waals surface area (Å²) in [6.45, 7) is 13.5. The van der Waals surface area contributed by atoms with Crippen LogP contribution in [-0.2, 0) is 28.6 Å². The second kappa shape index (κ2) is 13.4. The van der Waals surface area contributed by atoms with Gasteiger partial charge in [0.25, 0.3) is 0 Å². The van der Waals surface area contributed by atoms with Crippen molar-refractivity contribution in [1.82, 2.24) is 4.90 Å². The Morgan fingerprint density at radius 3 is 2.08 bits per heavy atom. The Bertz CT molecular complexity index is 756. The fourth-order valence-electron chi connectivity index (χ4n) is 5.97. The largest absolute Gasteiger partial charge is 0.462 e. The van der Waals surface area contributed by atoms with Crippen molar-refractivity contribution >= 4 is 17.5 Å². The lowest BCUT2D eigenvalue weighted by Gasteiger charge is -2.43. The molecule has 208 valence electrons. The molecule has 0 aromatic heterocycles. The average Bonchev–Trinajstić information content (AvgIpc) is 2.80. The molecule has 0 bridgehead atoms. The number of Topliss-reactive ketones (excluding diaryl/α,β-unsaturated/α-hetero) is 2. The molecule has 0 saturated carbocycles. The second-order valence-corrected chi connectivity index (χ2v) is 11.7. The van der Waals surface area contributed by atoms with Gasteiger partial charge in [-0.05, 0) is 58.5 Å². The van der Waals surface area contributed by atoms with Crippen LogP contribution < -0.4 is 0 Å². The minimum Gasteiger partial charge on any atom is -0.462 e. The number of hydrogen-bond donors (Lipinski definition) is 1. The number of ether oxygens (including phenoxy) is 3. The van der Waals surface area contributed by atoms with E-state index in [9.17, 15) is 19.5 Å². The van der Waals surface area contributed by atoms with Crippen molar-refractivity contribution in [3.63, 3.8) is 0 Å². The summed E-state index contributed by atoms with van der Waals surface area (Å²) in [5.74, 6) is -1.83. The lowest BCUT2D eigenvalue weighted by molar-refractivity contribution is -0.277. The molecule has 0 radical (unpaired) electrons. The molecule has 8 nitrogen and oxygen atoms in total. The van der Waals surface area contributed by atoms with Crippen molar-refractivity contribution in [3.05, 3.63) is 0 Å². The third-order valence-corrected chi connectivity index (χ3v) is 8.19. The highest BCUT2D eigenvalue weighted by Gasteiger charge is 2.42. The molecule has 1 N–H and O–H groups in total. The van der Waals surface area contributed by atoms with Gasteiger partial charge in [0.1, 0.15) is 30.2 Å². The molecule has 36 heavy (non-hydrogen) atoms. The molecule has 11 atom stereocenters. The minimum absolute atomic E-state index is 0.0191. The number of esters is 1. The summed E-state index contributed by atoms with van der Waals surface area (Å²) in [7, 11) is 3.81. The Hall–Kier alpha value is -1.35. The molecule has 2 fully saturated rings. The summed E-state index contributed by atoms with van der Waals surface area (Å²) in [4.78, 5) is 41.1. The van der Waals surface area contributed by atoms with Crippen LogP contribution >= 0.6 is 0 Å². The van der Waals surface area contributed by atoms with Gasteiger partial charge in [-0.25, -0.2) is 0 Å². The predicted molar refractivity (Wildman–Crippen MR) is 137 cm³/mol. The number of likely N-dealkylation sites (N-methyl/N-ethyl adjacent to an activating group) is 1. The number of aliphatic hydroxyl groups is 1. The molecule has 0 amide bonds. The average molecular weight is 512 g/mol. The van der Waals surface area contributed by atoms with Crippen LogP contribution in [0.25, 0.3) is 0 Å². The van der Waals surface area contributed by atoms with Crippen LogP contribution in [-0.4, -0.2) is 78.4 Å². The van der Waals surface area contributed by atoms with E-state index in [-0.39, 0.29) is 59.9 Å². The van der Waals surface area contributed by atoms with Gasteiger partial charge in [0.2, 0.25) is 0 Å². The van der Waals surface area contributed by atoms with E-state index in [1.54, 1.807) is 6.92 Å². The topological polar surface area (TPSA) is 102 Å². The molecule has 8 heteroatoms. The zero-order valence-electron chi connectivity index (χ0n) is 23.7. The van der Waals surface area contributed by atoms with E-state index in [0.29, 0.717) is 25.7 Å². The Morgan fingerprint density at radius 2 is 1.53 bits per heavy atom. The van der Waals surface area contributed by atoms with Crippen molar-refractivity contribution in [1.29, 1.82) is 0 Å². The van der Waals surface area contributed by atoms with E-state index in [2.05, 4.69) is 0 Å². The fraction of sp³-hybridized carbons (Fsp3) is 0.893. The van der Waals surface area contributed by atoms with E-state index in [4.69, 9.17) is 14.2 Å². The number of carbonyl (C=O) groups is 3. The highest BCUT2D eigenvalue weighted by atomic mass is 16.7. The first-order chi connectivity index (χ1) is 16.8. The molecule has 4 unspecified atom stereocenters. The number of cyclic esters (lactones) is 1. The van der Waals surface area contributed by atoms with Crippen LogP contribution in [0.3, 0.4) is 0 Å². The summed E-state index contributed by atoms with van der Waals surface area (Å²) in [6, 6.07) is -0.150. The van der Waals surface area contributed by atoms with Gasteiger partial charge >= 0.3 is 5.97 Å². The van der Waals surface area contributed by atoms with Gasteiger partial charge in [-0.3, -0.25) is 14.4 Å². The molecule has 2 rings (SSSR count). The van der Waals surface area contributed by atoms with Crippen molar-refractivity contribution in [2.45, 2.75) is 117 Å². The Morgan fingerprint density at radius 1 is 0.944 bits per heavy atom. The van der Waals surface area contributed by atoms with Gasteiger partial charge in [-0.2, -0.15) is 0 Å². The third-order valence-electron chi connectivity index (χ3n) is 8.19. The van der Waals surface area contributed by atoms with Crippen molar-refractivity contribution < 1.29 is 33.7 Å². The molecule has 2 aliphatic rings. The molecule has 0 spiro atoms. The summed E-state index contributed by atoms with van der Waals surface area (Å²) < 4.78 is 18.0. The van der Waals surface area contributed by atoms with E-state index in [1.807, 2.05) is 60.5 Å². The monoisotopic (exact) mass is 511 g/mol. The highest BCUT2D eigenvalue weighted by molar-refractivity contribution is 5.97. The van der Waals surface area contributed by atoms with E-state index in [1.165, 1.54) is 0 Å². The number of carbonyl (C=O) groups excluding carboxylic acids is 3. The lowest BCUT2D eigenvalue weighted by atomic mass is 9.79. The number of ketones is 2. The fourth-order valence-corrected chi connectivity index (χ4v) is 5.97. The molecule has 2 saturated heterocycles. The summed E-state index contributed by atoms with van der Waals surface area (Å²) in [6.07, 6.45) is -0.785. The smallest absolute Gasteiger partial charge is 0.313 e. The van der Waals surface area contributed by atoms with Gasteiger partial charge in [0.05, 0.1) is 12.2 Å². The Labute approximate surface area is 217 Å². The zero-order valence-corrected chi connectivity index (χ0v) is 23.7. The number of aliphatic hydroxyl groups excluding tert-OH is 1. The summed E-state index contributed by atoms with van der Waals surface area (Å²) >= 11 is 0. The van der Waals surface area contributed by atoms with Gasteiger partial charge in [0, 0.05) is 23.8 Å². The first-order valence-corrected chi connectivity index (χ1v) is 13.7. The van der Waals surface area contributed by atoms with Crippen LogP contribution in [0.1, 0.15) is 80.6 Å². The number of rotatable bonds is 4. The predicted octanol–water partition coefficient (Wildman–Crippen LogP) is 3.62. The minimum atomic E-state index is -0.912. The van der Waals surface area contributed by atoms with Crippen molar-refractivity contribution in [2.75, 3.05) is 14.1 Å². The van der Waals surface area contributed by atoms with E-state index >= 15 is 0 Å². The molecule has 0 aliphatic carbocycles. The first-order valence-electron chi connectivity index (χ1n) is 13.7. The lowest BCUT2D eigenvalue weighted by Crippen LogP contribution is -2.56. The quantitative estimate of drug-likeness (QED) is 0.451.